The van der Waals surface area contributed by atoms with Gasteiger partial charge in [-0.25, -0.2) is 0 Å². The van der Waals surface area contributed by atoms with Gasteiger partial charge in [-0.05, 0) is 28.1 Å². The number of rotatable bonds is 5. The third-order valence-corrected chi connectivity index (χ3v) is 3.12. The summed E-state index contributed by atoms with van der Waals surface area (Å²) in [5.74, 6) is 1.08. The van der Waals surface area contributed by atoms with E-state index in [0.717, 1.165) is 11.8 Å². The van der Waals surface area contributed by atoms with Gasteiger partial charge in [0.05, 0.1) is 17.8 Å². The zero-order valence-electron chi connectivity index (χ0n) is 10.6. The van der Waals surface area contributed by atoms with Gasteiger partial charge in [0.2, 0.25) is 0 Å². The Morgan fingerprint density at radius 3 is 2.84 bits per heavy atom. The Bertz CT molecular complexity index is 596. The molecule has 0 saturated heterocycles. The molecule has 0 amide bonds. The number of benzene rings is 1. The van der Waals surface area contributed by atoms with Crippen LogP contribution in [-0.4, -0.2) is 23.2 Å². The molecular formula is C13H13BrN2O3. The van der Waals surface area contributed by atoms with Gasteiger partial charge in [-0.2, -0.15) is 5.10 Å². The second kappa shape index (κ2) is 5.88. The normalized spacial score (nSPS) is 10.3. The summed E-state index contributed by atoms with van der Waals surface area (Å²) in [7, 11) is 3.38. The largest absolute Gasteiger partial charge is 0.493 e. The van der Waals surface area contributed by atoms with Crippen LogP contribution in [0.4, 0.5) is 0 Å². The fourth-order valence-corrected chi connectivity index (χ4v) is 2.22. The third-order valence-electron chi connectivity index (χ3n) is 2.53. The standard InChI is InChI=1S/C13H13BrN2O3/c1-16-6-10(5-15-16)8-19-13-11(14)3-9(7-17)4-12(13)18-2/h3-7H,8H2,1-2H3. The molecule has 5 nitrogen and oxygen atoms in total. The van der Waals surface area contributed by atoms with Crippen LogP contribution in [-0.2, 0) is 13.7 Å². The zero-order chi connectivity index (χ0) is 13.8. The molecule has 0 atom stereocenters. The van der Waals surface area contributed by atoms with Gasteiger partial charge in [-0.1, -0.05) is 0 Å². The number of carbonyl (C=O) groups excluding carboxylic acids is 1. The first-order valence-corrected chi connectivity index (χ1v) is 6.36. The molecule has 0 radical (unpaired) electrons. The van der Waals surface area contributed by atoms with Crippen LogP contribution in [0.5, 0.6) is 11.5 Å². The number of methoxy groups -OCH3 is 1. The summed E-state index contributed by atoms with van der Waals surface area (Å²) in [6.45, 7) is 0.378. The van der Waals surface area contributed by atoms with Gasteiger partial charge in [-0.3, -0.25) is 9.48 Å². The van der Waals surface area contributed by atoms with Gasteiger partial charge < -0.3 is 9.47 Å². The van der Waals surface area contributed by atoms with E-state index >= 15 is 0 Å². The highest BCUT2D eigenvalue weighted by atomic mass is 79.9. The monoisotopic (exact) mass is 324 g/mol. The number of carbonyl (C=O) groups is 1. The van der Waals surface area contributed by atoms with E-state index in [1.165, 1.54) is 7.11 Å². The van der Waals surface area contributed by atoms with Gasteiger partial charge in [-0.15, -0.1) is 0 Å². The van der Waals surface area contributed by atoms with Crippen LogP contribution in [0.25, 0.3) is 0 Å². The van der Waals surface area contributed by atoms with Gasteiger partial charge in [0.15, 0.2) is 11.5 Å². The molecule has 1 aromatic heterocycles. The van der Waals surface area contributed by atoms with Crippen LogP contribution in [0.1, 0.15) is 15.9 Å². The van der Waals surface area contributed by atoms with Crippen molar-refractivity contribution in [2.24, 2.45) is 7.05 Å². The quantitative estimate of drug-likeness (QED) is 0.793. The van der Waals surface area contributed by atoms with Crippen molar-refractivity contribution < 1.29 is 14.3 Å². The molecule has 0 aliphatic carbocycles. The van der Waals surface area contributed by atoms with Crippen molar-refractivity contribution in [1.82, 2.24) is 9.78 Å². The molecule has 2 aromatic rings. The molecule has 0 aliphatic rings. The van der Waals surface area contributed by atoms with E-state index in [1.54, 1.807) is 23.0 Å². The van der Waals surface area contributed by atoms with Crippen LogP contribution in [0.15, 0.2) is 29.0 Å². The van der Waals surface area contributed by atoms with Crippen molar-refractivity contribution in [3.8, 4) is 11.5 Å². The topological polar surface area (TPSA) is 53.4 Å². The molecule has 0 saturated carbocycles. The van der Waals surface area contributed by atoms with Crippen molar-refractivity contribution >= 4 is 22.2 Å². The Balaban J connectivity index is 2.21. The molecule has 0 N–H and O–H groups in total. The minimum Gasteiger partial charge on any atom is -0.493 e. The summed E-state index contributed by atoms with van der Waals surface area (Å²) in [5, 5.41) is 4.07. The molecule has 1 heterocycles. The van der Waals surface area contributed by atoms with E-state index in [2.05, 4.69) is 21.0 Å². The predicted octanol–water partition coefficient (Wildman–Crippen LogP) is 2.58. The van der Waals surface area contributed by atoms with E-state index in [1.807, 2.05) is 13.2 Å². The number of hydrogen-bond donors (Lipinski definition) is 0. The molecule has 19 heavy (non-hydrogen) atoms. The van der Waals surface area contributed by atoms with E-state index < -0.39 is 0 Å². The van der Waals surface area contributed by atoms with Crippen molar-refractivity contribution in [3.05, 3.63) is 40.1 Å². The Labute approximate surface area is 119 Å². The summed E-state index contributed by atoms with van der Waals surface area (Å²) in [4.78, 5) is 10.8. The first-order valence-electron chi connectivity index (χ1n) is 5.57. The Morgan fingerprint density at radius 1 is 1.47 bits per heavy atom. The first kappa shape index (κ1) is 13.6. The highest BCUT2D eigenvalue weighted by molar-refractivity contribution is 9.10. The number of nitrogens with zero attached hydrogens (tertiary/aromatic N) is 2. The predicted molar refractivity (Wildman–Crippen MR) is 73.6 cm³/mol. The van der Waals surface area contributed by atoms with E-state index in [-0.39, 0.29) is 0 Å². The maximum Gasteiger partial charge on any atom is 0.175 e. The van der Waals surface area contributed by atoms with Crippen LogP contribution in [0.2, 0.25) is 0 Å². The van der Waals surface area contributed by atoms with Crippen LogP contribution >= 0.6 is 15.9 Å². The summed E-state index contributed by atoms with van der Waals surface area (Å²) in [6, 6.07) is 3.32. The summed E-state index contributed by atoms with van der Waals surface area (Å²) in [6.07, 6.45) is 4.37. The molecule has 0 bridgehead atoms. The second-order valence-corrected chi connectivity index (χ2v) is 4.82. The minimum atomic E-state index is 0.378. The molecule has 100 valence electrons. The maximum atomic E-state index is 10.8. The minimum absolute atomic E-state index is 0.378. The first-order chi connectivity index (χ1) is 9.13. The Morgan fingerprint density at radius 2 is 2.26 bits per heavy atom. The summed E-state index contributed by atoms with van der Waals surface area (Å²) >= 11 is 3.37. The molecule has 0 aliphatic heterocycles. The summed E-state index contributed by atoms with van der Waals surface area (Å²) < 4.78 is 13.3. The number of aldehydes is 1. The third kappa shape index (κ3) is 3.14. The molecule has 0 fully saturated rings. The summed E-state index contributed by atoms with van der Waals surface area (Å²) in [5.41, 5.74) is 1.48. The van der Waals surface area contributed by atoms with Crippen molar-refractivity contribution in [2.75, 3.05) is 7.11 Å². The maximum absolute atomic E-state index is 10.8. The molecule has 6 heteroatoms. The average molecular weight is 325 g/mol. The lowest BCUT2D eigenvalue weighted by Crippen LogP contribution is -1.99. The van der Waals surface area contributed by atoms with Gasteiger partial charge in [0, 0.05) is 24.4 Å². The van der Waals surface area contributed by atoms with Crippen molar-refractivity contribution in [3.63, 3.8) is 0 Å². The molecule has 0 unspecified atom stereocenters. The second-order valence-electron chi connectivity index (χ2n) is 3.96. The number of hydrogen-bond acceptors (Lipinski definition) is 4. The molecule has 0 spiro atoms. The lowest BCUT2D eigenvalue weighted by atomic mass is 10.2. The SMILES string of the molecule is COc1cc(C=O)cc(Br)c1OCc1cnn(C)c1. The molecular weight excluding hydrogens is 312 g/mol. The average Bonchev–Trinajstić information content (AvgIpc) is 2.82. The Hall–Kier alpha value is -1.82. The number of aromatic nitrogens is 2. The van der Waals surface area contributed by atoms with Crippen molar-refractivity contribution in [1.29, 1.82) is 0 Å². The number of ether oxygens (including phenoxy) is 2. The van der Waals surface area contributed by atoms with Crippen LogP contribution < -0.4 is 9.47 Å². The number of halogens is 1. The highest BCUT2D eigenvalue weighted by Crippen LogP contribution is 2.36. The van der Waals surface area contributed by atoms with Gasteiger partial charge >= 0.3 is 0 Å². The van der Waals surface area contributed by atoms with Gasteiger partial charge in [0.25, 0.3) is 0 Å². The van der Waals surface area contributed by atoms with E-state index in [0.29, 0.717) is 28.1 Å². The van der Waals surface area contributed by atoms with E-state index in [4.69, 9.17) is 9.47 Å². The zero-order valence-corrected chi connectivity index (χ0v) is 12.2. The fourth-order valence-electron chi connectivity index (χ4n) is 1.65. The highest BCUT2D eigenvalue weighted by Gasteiger charge is 2.12. The van der Waals surface area contributed by atoms with Crippen molar-refractivity contribution in [2.45, 2.75) is 6.61 Å². The smallest absolute Gasteiger partial charge is 0.175 e. The molecule has 1 aromatic carbocycles. The van der Waals surface area contributed by atoms with Gasteiger partial charge in [0.1, 0.15) is 12.9 Å². The van der Waals surface area contributed by atoms with Crippen LogP contribution in [0, 0.1) is 0 Å². The lowest BCUT2D eigenvalue weighted by molar-refractivity contribution is 0.112. The van der Waals surface area contributed by atoms with E-state index in [9.17, 15) is 4.79 Å². The lowest BCUT2D eigenvalue weighted by Gasteiger charge is -2.12. The molecule has 2 rings (SSSR count). The van der Waals surface area contributed by atoms with Crippen LogP contribution in [0.3, 0.4) is 0 Å². The Kier molecular flexibility index (Phi) is 4.21. The fraction of sp³-hybridized carbons (Fsp3) is 0.231. The number of aryl methyl sites for hydroxylation is 1.